The summed E-state index contributed by atoms with van der Waals surface area (Å²) in [6.07, 6.45) is 3.14. The van der Waals surface area contributed by atoms with E-state index in [-0.39, 0.29) is 0 Å². The molecular formula is C7H6BrN5S. The second-order valence-electron chi connectivity index (χ2n) is 2.63. The molecule has 0 aliphatic heterocycles. The van der Waals surface area contributed by atoms with E-state index in [1.54, 1.807) is 10.8 Å². The monoisotopic (exact) mass is 271 g/mol. The maximum atomic E-state index is 5.00. The fraction of sp³-hybridized carbons (Fsp3) is 0.143. The first-order valence-electron chi connectivity index (χ1n) is 3.77. The van der Waals surface area contributed by atoms with Crippen LogP contribution in [0.1, 0.15) is 0 Å². The van der Waals surface area contributed by atoms with Gasteiger partial charge in [0.2, 0.25) is 0 Å². The van der Waals surface area contributed by atoms with Gasteiger partial charge in [0.25, 0.3) is 0 Å². The lowest BCUT2D eigenvalue weighted by atomic mass is 10.4. The Hall–Kier alpha value is -1.08. The summed E-state index contributed by atoms with van der Waals surface area (Å²) in [6, 6.07) is 0. The third-order valence-electron chi connectivity index (χ3n) is 1.76. The van der Waals surface area contributed by atoms with E-state index in [0.717, 1.165) is 10.2 Å². The standard InChI is InChI=1S/C7H6BrN5S/c1-13-6(11-12-7(13)14)5-4(8)2-9-3-10-5/h2-3H,1H3,(H,12,14). The smallest absolute Gasteiger partial charge is 0.195 e. The maximum Gasteiger partial charge on any atom is 0.195 e. The summed E-state index contributed by atoms with van der Waals surface area (Å²) >= 11 is 8.35. The second-order valence-corrected chi connectivity index (χ2v) is 3.87. The van der Waals surface area contributed by atoms with Gasteiger partial charge in [-0.3, -0.25) is 5.10 Å². The number of H-pyrrole nitrogens is 1. The summed E-state index contributed by atoms with van der Waals surface area (Å²) in [5, 5.41) is 6.77. The van der Waals surface area contributed by atoms with Crippen LogP contribution >= 0.6 is 28.1 Å². The van der Waals surface area contributed by atoms with Crippen LogP contribution in [0.15, 0.2) is 17.0 Å². The molecule has 72 valence electrons. The zero-order valence-corrected chi connectivity index (χ0v) is 9.63. The fourth-order valence-electron chi connectivity index (χ4n) is 1.04. The molecule has 0 aliphatic rings. The molecule has 0 bridgehead atoms. The molecule has 0 aromatic carbocycles. The van der Waals surface area contributed by atoms with E-state index >= 15 is 0 Å². The molecule has 0 saturated heterocycles. The van der Waals surface area contributed by atoms with Crippen molar-refractivity contribution in [3.05, 3.63) is 21.8 Å². The first-order valence-corrected chi connectivity index (χ1v) is 4.97. The van der Waals surface area contributed by atoms with Crippen LogP contribution in [0.4, 0.5) is 0 Å². The molecule has 2 rings (SSSR count). The molecule has 0 radical (unpaired) electrons. The van der Waals surface area contributed by atoms with Crippen molar-refractivity contribution in [3.8, 4) is 11.5 Å². The van der Waals surface area contributed by atoms with Gasteiger partial charge in [-0.1, -0.05) is 0 Å². The lowest BCUT2D eigenvalue weighted by molar-refractivity contribution is 0.894. The van der Waals surface area contributed by atoms with Gasteiger partial charge in [-0.2, -0.15) is 5.10 Å². The minimum absolute atomic E-state index is 0.561. The van der Waals surface area contributed by atoms with Crippen LogP contribution in [0, 0.1) is 4.77 Å². The van der Waals surface area contributed by atoms with Crippen molar-refractivity contribution >= 4 is 28.1 Å². The Morgan fingerprint density at radius 1 is 1.57 bits per heavy atom. The van der Waals surface area contributed by atoms with Crippen LogP contribution < -0.4 is 0 Å². The lowest BCUT2D eigenvalue weighted by Gasteiger charge is -2.00. The van der Waals surface area contributed by atoms with E-state index in [1.807, 2.05) is 7.05 Å². The summed E-state index contributed by atoms with van der Waals surface area (Å²) in [7, 11) is 1.83. The largest absolute Gasteiger partial charge is 0.302 e. The van der Waals surface area contributed by atoms with E-state index in [0.29, 0.717) is 10.6 Å². The van der Waals surface area contributed by atoms with E-state index in [4.69, 9.17) is 12.2 Å². The number of halogens is 1. The van der Waals surface area contributed by atoms with Crippen molar-refractivity contribution in [3.63, 3.8) is 0 Å². The Bertz CT molecular complexity index is 517. The minimum atomic E-state index is 0.561. The number of hydrogen-bond acceptors (Lipinski definition) is 4. The molecular weight excluding hydrogens is 266 g/mol. The molecule has 0 fully saturated rings. The van der Waals surface area contributed by atoms with E-state index in [1.165, 1.54) is 6.33 Å². The van der Waals surface area contributed by atoms with E-state index < -0.39 is 0 Å². The third-order valence-corrected chi connectivity index (χ3v) is 2.70. The zero-order valence-electron chi connectivity index (χ0n) is 7.23. The van der Waals surface area contributed by atoms with Crippen LogP contribution in [0.3, 0.4) is 0 Å². The van der Waals surface area contributed by atoms with Gasteiger partial charge >= 0.3 is 0 Å². The maximum absolute atomic E-state index is 5.00. The molecule has 2 aromatic rings. The molecule has 1 N–H and O–H groups in total. The van der Waals surface area contributed by atoms with Crippen LogP contribution in [0.2, 0.25) is 0 Å². The molecule has 7 heteroatoms. The van der Waals surface area contributed by atoms with Crippen LogP contribution in [-0.2, 0) is 7.05 Å². The molecule has 0 atom stereocenters. The molecule has 14 heavy (non-hydrogen) atoms. The van der Waals surface area contributed by atoms with E-state index in [2.05, 4.69) is 36.1 Å². The highest BCUT2D eigenvalue weighted by Gasteiger charge is 2.10. The highest BCUT2D eigenvalue weighted by atomic mass is 79.9. The van der Waals surface area contributed by atoms with Gasteiger partial charge in [0.15, 0.2) is 10.6 Å². The van der Waals surface area contributed by atoms with Crippen LogP contribution in [-0.4, -0.2) is 24.7 Å². The number of aromatic amines is 1. The Morgan fingerprint density at radius 3 is 2.93 bits per heavy atom. The van der Waals surface area contributed by atoms with Gasteiger partial charge in [0.1, 0.15) is 12.0 Å². The van der Waals surface area contributed by atoms with E-state index in [9.17, 15) is 0 Å². The number of nitrogens with zero attached hydrogens (tertiary/aromatic N) is 4. The zero-order chi connectivity index (χ0) is 10.1. The molecule has 0 unspecified atom stereocenters. The second kappa shape index (κ2) is 3.58. The Morgan fingerprint density at radius 2 is 2.36 bits per heavy atom. The van der Waals surface area contributed by atoms with Gasteiger partial charge in [-0.05, 0) is 28.1 Å². The molecule has 2 heterocycles. The Balaban J connectivity index is 2.66. The molecule has 0 amide bonds. The molecule has 5 nitrogen and oxygen atoms in total. The average molecular weight is 272 g/mol. The number of rotatable bonds is 1. The molecule has 0 saturated carbocycles. The van der Waals surface area contributed by atoms with Gasteiger partial charge in [-0.25, -0.2) is 9.97 Å². The predicted molar refractivity (Wildman–Crippen MR) is 57.1 cm³/mol. The highest BCUT2D eigenvalue weighted by molar-refractivity contribution is 9.10. The lowest BCUT2D eigenvalue weighted by Crippen LogP contribution is -1.96. The normalized spacial score (nSPS) is 10.4. The van der Waals surface area contributed by atoms with Crippen molar-refractivity contribution in [2.75, 3.05) is 0 Å². The minimum Gasteiger partial charge on any atom is -0.302 e. The summed E-state index contributed by atoms with van der Waals surface area (Å²) in [6.45, 7) is 0. The third kappa shape index (κ3) is 1.48. The van der Waals surface area contributed by atoms with Crippen molar-refractivity contribution in [1.29, 1.82) is 0 Å². The molecule has 0 aliphatic carbocycles. The average Bonchev–Trinajstić information content (AvgIpc) is 2.49. The molecule has 0 spiro atoms. The number of hydrogen-bond donors (Lipinski definition) is 1. The summed E-state index contributed by atoms with van der Waals surface area (Å²) < 4.78 is 3.10. The van der Waals surface area contributed by atoms with Gasteiger partial charge in [-0.15, -0.1) is 0 Å². The van der Waals surface area contributed by atoms with Crippen LogP contribution in [0.25, 0.3) is 11.5 Å². The van der Waals surface area contributed by atoms with Gasteiger partial charge < -0.3 is 4.57 Å². The summed E-state index contributed by atoms with van der Waals surface area (Å²) in [5.74, 6) is 0.685. The SMILES string of the molecule is Cn1c(-c2ncncc2Br)n[nH]c1=S. The number of nitrogens with one attached hydrogen (secondary N) is 1. The van der Waals surface area contributed by atoms with Crippen molar-refractivity contribution in [2.24, 2.45) is 7.05 Å². The Kier molecular flexibility index (Phi) is 2.42. The first-order chi connectivity index (χ1) is 6.70. The Labute approximate surface area is 93.3 Å². The summed E-state index contributed by atoms with van der Waals surface area (Å²) in [4.78, 5) is 7.99. The molecule has 2 aromatic heterocycles. The first kappa shape index (κ1) is 9.47. The van der Waals surface area contributed by atoms with Crippen molar-refractivity contribution in [1.82, 2.24) is 24.7 Å². The topological polar surface area (TPSA) is 59.4 Å². The van der Waals surface area contributed by atoms with Gasteiger partial charge in [0, 0.05) is 13.2 Å². The summed E-state index contributed by atoms with van der Waals surface area (Å²) in [5.41, 5.74) is 0.717. The quantitative estimate of drug-likeness (QED) is 0.803. The van der Waals surface area contributed by atoms with Gasteiger partial charge in [0.05, 0.1) is 4.47 Å². The fourth-order valence-corrected chi connectivity index (χ4v) is 1.57. The predicted octanol–water partition coefficient (Wildman–Crippen LogP) is 1.70. The van der Waals surface area contributed by atoms with Crippen molar-refractivity contribution in [2.45, 2.75) is 0 Å². The highest BCUT2D eigenvalue weighted by Crippen LogP contribution is 2.22. The van der Waals surface area contributed by atoms with Crippen LogP contribution in [0.5, 0.6) is 0 Å². The van der Waals surface area contributed by atoms with Crippen molar-refractivity contribution < 1.29 is 0 Å². The number of aromatic nitrogens is 5.